The van der Waals surface area contributed by atoms with E-state index >= 15 is 0 Å². The van der Waals surface area contributed by atoms with Crippen molar-refractivity contribution >= 4 is 29.0 Å². The smallest absolute Gasteiger partial charge is 0.264 e. The van der Waals surface area contributed by atoms with Gasteiger partial charge in [-0.25, -0.2) is 4.68 Å². The summed E-state index contributed by atoms with van der Waals surface area (Å²) >= 11 is 1.38. The highest BCUT2D eigenvalue weighted by Crippen LogP contribution is 2.28. The largest absolute Gasteiger partial charge is 0.326 e. The quantitative estimate of drug-likeness (QED) is 0.549. The maximum atomic E-state index is 13.1. The third kappa shape index (κ3) is 5.10. The summed E-state index contributed by atoms with van der Waals surface area (Å²) in [7, 11) is 0. The van der Waals surface area contributed by atoms with E-state index in [0.29, 0.717) is 10.7 Å². The van der Waals surface area contributed by atoms with Crippen LogP contribution in [0.2, 0.25) is 0 Å². The van der Waals surface area contributed by atoms with Crippen LogP contribution in [0.25, 0.3) is 5.69 Å². The maximum absolute atomic E-state index is 13.1. The molecule has 0 bridgehead atoms. The lowest BCUT2D eigenvalue weighted by Crippen LogP contribution is -2.42. The highest BCUT2D eigenvalue weighted by atomic mass is 32.1. The van der Waals surface area contributed by atoms with E-state index in [4.69, 9.17) is 5.10 Å². The fraction of sp³-hybridized carbons (Fsp3) is 0.400. The van der Waals surface area contributed by atoms with Crippen LogP contribution in [-0.4, -0.2) is 39.1 Å². The molecule has 1 aromatic carbocycles. The second-order valence-electron chi connectivity index (χ2n) is 9.35. The first-order valence-corrected chi connectivity index (χ1v) is 11.7. The Kier molecular flexibility index (Phi) is 6.88. The van der Waals surface area contributed by atoms with Gasteiger partial charge in [-0.3, -0.25) is 9.59 Å². The van der Waals surface area contributed by atoms with Gasteiger partial charge in [0.2, 0.25) is 5.91 Å². The predicted molar refractivity (Wildman–Crippen MR) is 131 cm³/mol. The van der Waals surface area contributed by atoms with Crippen molar-refractivity contribution in [3.05, 3.63) is 63.5 Å². The van der Waals surface area contributed by atoms with E-state index in [0.717, 1.165) is 22.5 Å². The Balaban J connectivity index is 1.91. The van der Waals surface area contributed by atoms with Crippen LogP contribution >= 0.6 is 11.3 Å². The number of carbonyl (C=O) groups excluding carboxylic acids is 2. The number of aromatic nitrogens is 2. The highest BCUT2D eigenvalue weighted by molar-refractivity contribution is 7.12. The molecule has 1 N–H and O–H groups in total. The Bertz CT molecular complexity index is 1110. The van der Waals surface area contributed by atoms with Gasteiger partial charge in [0.25, 0.3) is 5.91 Å². The number of aryl methyl sites for hydroxylation is 1. The SMILES string of the molecule is Cc1cccc(-n2nc(C(C)(C)C)cc2NC(=O)CN(C(=O)c2cccs2)C(C)C)c1C. The van der Waals surface area contributed by atoms with Gasteiger partial charge in [-0.2, -0.15) is 5.10 Å². The van der Waals surface area contributed by atoms with Crippen molar-refractivity contribution in [2.45, 2.75) is 59.9 Å². The lowest BCUT2D eigenvalue weighted by molar-refractivity contribution is -0.117. The Morgan fingerprint density at radius 3 is 2.47 bits per heavy atom. The number of carbonyl (C=O) groups is 2. The average Bonchev–Trinajstić information content (AvgIpc) is 3.37. The Labute approximate surface area is 194 Å². The second-order valence-corrected chi connectivity index (χ2v) is 10.3. The van der Waals surface area contributed by atoms with E-state index in [2.05, 4.69) is 46.0 Å². The first kappa shape index (κ1) is 23.7. The van der Waals surface area contributed by atoms with E-state index < -0.39 is 0 Å². The molecule has 0 aliphatic carbocycles. The van der Waals surface area contributed by atoms with Crippen LogP contribution in [0.15, 0.2) is 41.8 Å². The molecule has 0 fully saturated rings. The number of nitrogens with one attached hydrogen (secondary N) is 1. The van der Waals surface area contributed by atoms with Crippen LogP contribution in [0.4, 0.5) is 5.82 Å². The van der Waals surface area contributed by atoms with Gasteiger partial charge in [0.15, 0.2) is 0 Å². The molecule has 2 aromatic heterocycles. The molecule has 0 saturated heterocycles. The van der Waals surface area contributed by atoms with Crippen LogP contribution in [0.5, 0.6) is 0 Å². The normalized spacial score (nSPS) is 11.6. The highest BCUT2D eigenvalue weighted by Gasteiger charge is 2.25. The van der Waals surface area contributed by atoms with Gasteiger partial charge in [0, 0.05) is 17.5 Å². The standard InChI is InChI=1S/C25H32N4O2S/c1-16(2)28(24(31)20-12-9-13-32-20)15-23(30)26-22-14-21(25(5,6)7)27-29(22)19-11-8-10-17(3)18(19)4/h8-14,16H,15H2,1-7H3,(H,26,30). The van der Waals surface area contributed by atoms with Gasteiger partial charge in [-0.05, 0) is 56.3 Å². The minimum atomic E-state index is -0.254. The first-order valence-electron chi connectivity index (χ1n) is 10.8. The Hall–Kier alpha value is -2.93. The number of hydrogen-bond donors (Lipinski definition) is 1. The number of hydrogen-bond acceptors (Lipinski definition) is 4. The van der Waals surface area contributed by atoms with Crippen LogP contribution in [-0.2, 0) is 10.2 Å². The molecule has 0 unspecified atom stereocenters. The molecule has 2 heterocycles. The van der Waals surface area contributed by atoms with E-state index in [9.17, 15) is 9.59 Å². The van der Waals surface area contributed by atoms with Crippen molar-refractivity contribution < 1.29 is 9.59 Å². The molecule has 0 aliphatic heterocycles. The zero-order valence-electron chi connectivity index (χ0n) is 19.9. The van der Waals surface area contributed by atoms with E-state index in [1.807, 2.05) is 43.5 Å². The van der Waals surface area contributed by atoms with Gasteiger partial charge < -0.3 is 10.2 Å². The van der Waals surface area contributed by atoms with Gasteiger partial charge >= 0.3 is 0 Å². The molecule has 32 heavy (non-hydrogen) atoms. The third-order valence-corrected chi connectivity index (χ3v) is 6.34. The molecule has 170 valence electrons. The summed E-state index contributed by atoms with van der Waals surface area (Å²) in [6.45, 7) is 14.2. The monoisotopic (exact) mass is 452 g/mol. The summed E-state index contributed by atoms with van der Waals surface area (Å²) in [6, 6.07) is 11.5. The van der Waals surface area contributed by atoms with Crippen molar-refractivity contribution in [2.24, 2.45) is 0 Å². The summed E-state index contributed by atoms with van der Waals surface area (Å²) in [5.41, 5.74) is 3.88. The molecule has 7 heteroatoms. The summed E-state index contributed by atoms with van der Waals surface area (Å²) in [4.78, 5) is 28.1. The number of benzene rings is 1. The first-order chi connectivity index (χ1) is 15.0. The van der Waals surface area contributed by atoms with Crippen molar-refractivity contribution in [3.63, 3.8) is 0 Å². The Morgan fingerprint density at radius 1 is 1.16 bits per heavy atom. The summed E-state index contributed by atoms with van der Waals surface area (Å²) in [5, 5.41) is 9.69. The molecule has 0 atom stereocenters. The van der Waals surface area contributed by atoms with Crippen molar-refractivity contribution in [1.29, 1.82) is 0 Å². The molecular formula is C25H32N4O2S. The molecule has 3 aromatic rings. The molecule has 0 saturated carbocycles. The number of rotatable bonds is 6. The fourth-order valence-corrected chi connectivity index (χ4v) is 4.03. The van der Waals surface area contributed by atoms with Gasteiger partial charge in [0.05, 0.1) is 16.3 Å². The van der Waals surface area contributed by atoms with Crippen molar-refractivity contribution in [1.82, 2.24) is 14.7 Å². The van der Waals surface area contributed by atoms with Gasteiger partial charge in [-0.1, -0.05) is 39.0 Å². The Morgan fingerprint density at radius 2 is 1.88 bits per heavy atom. The second kappa shape index (κ2) is 9.28. The number of thiophene rings is 1. The van der Waals surface area contributed by atoms with Gasteiger partial charge in [-0.15, -0.1) is 11.3 Å². The van der Waals surface area contributed by atoms with E-state index in [1.165, 1.54) is 11.3 Å². The average molecular weight is 453 g/mol. The molecule has 0 spiro atoms. The van der Waals surface area contributed by atoms with Crippen LogP contribution < -0.4 is 5.32 Å². The van der Waals surface area contributed by atoms with Crippen molar-refractivity contribution in [3.8, 4) is 5.69 Å². The number of amides is 2. The minimum Gasteiger partial charge on any atom is -0.326 e. The minimum absolute atomic E-state index is 0.0305. The molecule has 0 radical (unpaired) electrons. The number of nitrogens with zero attached hydrogens (tertiary/aromatic N) is 3. The number of anilines is 1. The maximum Gasteiger partial charge on any atom is 0.264 e. The topological polar surface area (TPSA) is 67.2 Å². The summed E-state index contributed by atoms with van der Waals surface area (Å²) in [6.07, 6.45) is 0. The zero-order chi connectivity index (χ0) is 23.6. The predicted octanol–water partition coefficient (Wildman–Crippen LogP) is 5.34. The molecular weight excluding hydrogens is 420 g/mol. The van der Waals surface area contributed by atoms with E-state index in [-0.39, 0.29) is 29.8 Å². The van der Waals surface area contributed by atoms with Crippen molar-refractivity contribution in [2.75, 3.05) is 11.9 Å². The third-order valence-electron chi connectivity index (χ3n) is 5.48. The molecule has 3 rings (SSSR count). The lowest BCUT2D eigenvalue weighted by atomic mass is 9.92. The fourth-order valence-electron chi connectivity index (χ4n) is 3.35. The van der Waals surface area contributed by atoms with Crippen LogP contribution in [0, 0.1) is 13.8 Å². The zero-order valence-corrected chi connectivity index (χ0v) is 20.7. The van der Waals surface area contributed by atoms with Crippen LogP contribution in [0.1, 0.15) is 61.1 Å². The van der Waals surface area contributed by atoms with Crippen LogP contribution in [0.3, 0.4) is 0 Å². The summed E-state index contributed by atoms with van der Waals surface area (Å²) in [5.74, 6) is 0.208. The lowest BCUT2D eigenvalue weighted by Gasteiger charge is -2.25. The molecule has 2 amide bonds. The molecule has 6 nitrogen and oxygen atoms in total. The van der Waals surface area contributed by atoms with Gasteiger partial charge in [0.1, 0.15) is 12.4 Å². The summed E-state index contributed by atoms with van der Waals surface area (Å²) < 4.78 is 1.79. The molecule has 0 aliphatic rings. The van der Waals surface area contributed by atoms with E-state index in [1.54, 1.807) is 15.6 Å².